The number of carbonyl (C=O) groups is 2. The molecule has 0 fully saturated rings. The minimum absolute atomic E-state index is 0.165. The SMILES string of the molecule is COc1ccc2cc1CN(C)CCCCC(=O)N(C)CCCN(C)c1ncnc3c1/C(=C/N2)C(=O)N3. The second-order valence-electron chi connectivity index (χ2n) is 9.39. The average Bonchev–Trinajstić information content (AvgIpc) is 3.19. The number of methoxy groups -OCH3 is 1. The number of anilines is 3. The molecule has 10 nitrogen and oxygen atoms in total. The first-order valence-electron chi connectivity index (χ1n) is 12.3. The molecule has 0 unspecified atom stereocenters. The lowest BCUT2D eigenvalue weighted by Crippen LogP contribution is -2.31. The average molecular weight is 494 g/mol. The monoisotopic (exact) mass is 493 g/mol. The van der Waals surface area contributed by atoms with Gasteiger partial charge in [-0.25, -0.2) is 9.97 Å². The van der Waals surface area contributed by atoms with Crippen LogP contribution in [0.4, 0.5) is 17.3 Å². The molecular formula is C26H35N7O3. The number of fused-ring (bicyclic) bond motifs is 2. The number of carbonyl (C=O) groups excluding carboxylic acids is 2. The van der Waals surface area contributed by atoms with Crippen LogP contribution in [0.25, 0.3) is 5.57 Å². The summed E-state index contributed by atoms with van der Waals surface area (Å²) in [7, 11) is 7.53. The van der Waals surface area contributed by atoms with Crippen molar-refractivity contribution >= 4 is 34.7 Å². The minimum atomic E-state index is -0.228. The molecule has 0 saturated carbocycles. The summed E-state index contributed by atoms with van der Waals surface area (Å²) in [6.07, 6.45) is 6.30. The second kappa shape index (κ2) is 11.4. The van der Waals surface area contributed by atoms with Crippen LogP contribution in [0.1, 0.15) is 36.8 Å². The molecule has 1 aromatic carbocycles. The van der Waals surface area contributed by atoms with Crippen molar-refractivity contribution in [3.63, 3.8) is 0 Å². The van der Waals surface area contributed by atoms with Crippen LogP contribution >= 0.6 is 0 Å². The molecule has 10 heteroatoms. The molecule has 2 aliphatic rings. The molecule has 36 heavy (non-hydrogen) atoms. The number of nitrogens with one attached hydrogen (secondary N) is 2. The molecule has 2 N–H and O–H groups in total. The fraction of sp³-hybridized carbons (Fsp3) is 0.462. The maximum Gasteiger partial charge on any atom is 0.259 e. The van der Waals surface area contributed by atoms with Crippen LogP contribution in [0, 0.1) is 0 Å². The molecule has 1 aromatic heterocycles. The summed E-state index contributed by atoms with van der Waals surface area (Å²) < 4.78 is 5.58. The summed E-state index contributed by atoms with van der Waals surface area (Å²) in [4.78, 5) is 40.2. The highest BCUT2D eigenvalue weighted by atomic mass is 16.5. The number of nitrogens with zero attached hydrogens (tertiary/aromatic N) is 5. The first-order valence-corrected chi connectivity index (χ1v) is 12.3. The molecule has 0 radical (unpaired) electrons. The fourth-order valence-corrected chi connectivity index (χ4v) is 4.58. The van der Waals surface area contributed by atoms with Crippen LogP contribution in [-0.4, -0.2) is 79.5 Å². The van der Waals surface area contributed by atoms with E-state index in [0.29, 0.717) is 48.8 Å². The van der Waals surface area contributed by atoms with Gasteiger partial charge >= 0.3 is 0 Å². The molecule has 2 aromatic rings. The normalized spacial score (nSPS) is 19.6. The predicted octanol–water partition coefficient (Wildman–Crippen LogP) is 2.79. The Labute approximate surface area is 212 Å². The molecule has 3 heterocycles. The van der Waals surface area contributed by atoms with Crippen LogP contribution in [0.2, 0.25) is 0 Å². The van der Waals surface area contributed by atoms with Gasteiger partial charge in [-0.3, -0.25) is 9.59 Å². The van der Waals surface area contributed by atoms with Crippen LogP contribution in [0.15, 0.2) is 30.7 Å². The van der Waals surface area contributed by atoms with Crippen molar-refractivity contribution in [2.75, 3.05) is 63.4 Å². The van der Waals surface area contributed by atoms with Gasteiger partial charge in [0.25, 0.3) is 5.91 Å². The van der Waals surface area contributed by atoms with E-state index in [-0.39, 0.29) is 11.8 Å². The van der Waals surface area contributed by atoms with Crippen molar-refractivity contribution in [3.05, 3.63) is 41.9 Å². The summed E-state index contributed by atoms with van der Waals surface area (Å²) in [6, 6.07) is 5.89. The van der Waals surface area contributed by atoms with Crippen molar-refractivity contribution in [1.29, 1.82) is 0 Å². The van der Waals surface area contributed by atoms with Gasteiger partial charge in [0.05, 0.1) is 18.2 Å². The zero-order chi connectivity index (χ0) is 25.7. The van der Waals surface area contributed by atoms with Gasteiger partial charge in [-0.05, 0) is 51.1 Å². The number of benzene rings is 1. The zero-order valence-corrected chi connectivity index (χ0v) is 21.5. The molecule has 0 aliphatic carbocycles. The Kier molecular flexibility index (Phi) is 8.04. The Hall–Kier alpha value is -3.66. The standard InChI is InChI=1S/C26H35N7O3/c1-31-11-6-5-8-22(34)32(2)12-7-13-33(3)25-23-20(26(35)30-24(23)28-17-29-25)15-27-19-9-10-21(36-4)18(14-19)16-31/h9-10,14-15,17,27H,5-8,11-13,16H2,1-4H3,(H,28,29,30,35)/b20-15-. The van der Waals surface area contributed by atoms with Crippen LogP contribution < -0.4 is 20.3 Å². The lowest BCUT2D eigenvalue weighted by molar-refractivity contribution is -0.130. The van der Waals surface area contributed by atoms with E-state index >= 15 is 0 Å². The Bertz CT molecular complexity index is 1150. The van der Waals surface area contributed by atoms with Crippen LogP contribution in [0.5, 0.6) is 5.75 Å². The predicted molar refractivity (Wildman–Crippen MR) is 141 cm³/mol. The van der Waals surface area contributed by atoms with Gasteiger partial charge in [0.2, 0.25) is 5.91 Å². The lowest BCUT2D eigenvalue weighted by atomic mass is 10.1. The van der Waals surface area contributed by atoms with Gasteiger partial charge in [0.15, 0.2) is 0 Å². The van der Waals surface area contributed by atoms with E-state index in [0.717, 1.165) is 42.8 Å². The van der Waals surface area contributed by atoms with Crippen molar-refractivity contribution in [3.8, 4) is 5.75 Å². The third kappa shape index (κ3) is 5.76. The summed E-state index contributed by atoms with van der Waals surface area (Å²) >= 11 is 0. The lowest BCUT2D eigenvalue weighted by Gasteiger charge is -2.23. The summed E-state index contributed by atoms with van der Waals surface area (Å²) in [5.74, 6) is 1.91. The quantitative estimate of drug-likeness (QED) is 0.625. The summed E-state index contributed by atoms with van der Waals surface area (Å²) in [6.45, 7) is 2.93. The number of hydrogen-bond acceptors (Lipinski definition) is 8. The van der Waals surface area contributed by atoms with Gasteiger partial charge in [-0.1, -0.05) is 0 Å². The molecule has 2 amide bonds. The van der Waals surface area contributed by atoms with Crippen molar-refractivity contribution < 1.29 is 14.3 Å². The Morgan fingerprint density at radius 3 is 2.58 bits per heavy atom. The van der Waals surface area contributed by atoms with E-state index in [1.165, 1.54) is 6.33 Å². The number of amides is 2. The van der Waals surface area contributed by atoms with E-state index in [1.807, 2.05) is 37.2 Å². The van der Waals surface area contributed by atoms with E-state index in [9.17, 15) is 9.59 Å². The molecule has 2 aliphatic heterocycles. The summed E-state index contributed by atoms with van der Waals surface area (Å²) in [5, 5.41) is 6.13. The van der Waals surface area contributed by atoms with Crippen molar-refractivity contribution in [2.45, 2.75) is 32.2 Å². The van der Waals surface area contributed by atoms with E-state index in [1.54, 1.807) is 18.2 Å². The highest BCUT2D eigenvalue weighted by Gasteiger charge is 2.30. The molecular weight excluding hydrogens is 458 g/mol. The van der Waals surface area contributed by atoms with E-state index in [4.69, 9.17) is 4.74 Å². The fourth-order valence-electron chi connectivity index (χ4n) is 4.58. The van der Waals surface area contributed by atoms with Gasteiger partial charge < -0.3 is 30.1 Å². The Morgan fingerprint density at radius 1 is 0.972 bits per heavy atom. The Morgan fingerprint density at radius 2 is 1.78 bits per heavy atom. The first kappa shape index (κ1) is 25.4. The maximum absolute atomic E-state index is 12.8. The largest absolute Gasteiger partial charge is 0.496 e. The summed E-state index contributed by atoms with van der Waals surface area (Å²) in [5.41, 5.74) is 3.03. The molecule has 0 atom stereocenters. The topological polar surface area (TPSA) is 103 Å². The number of aromatic nitrogens is 2. The molecule has 4 rings (SSSR count). The van der Waals surface area contributed by atoms with Crippen molar-refractivity contribution in [2.24, 2.45) is 0 Å². The molecule has 192 valence electrons. The van der Waals surface area contributed by atoms with Crippen LogP contribution in [0.3, 0.4) is 0 Å². The van der Waals surface area contributed by atoms with Gasteiger partial charge in [0, 0.05) is 57.6 Å². The highest BCUT2D eigenvalue weighted by Crippen LogP contribution is 2.36. The number of hydrogen-bond donors (Lipinski definition) is 2. The third-order valence-corrected chi connectivity index (χ3v) is 6.63. The van der Waals surface area contributed by atoms with E-state index < -0.39 is 0 Å². The van der Waals surface area contributed by atoms with E-state index in [2.05, 4.69) is 32.5 Å². The zero-order valence-electron chi connectivity index (χ0n) is 21.5. The highest BCUT2D eigenvalue weighted by molar-refractivity contribution is 6.32. The Balaban J connectivity index is 1.67. The molecule has 0 spiro atoms. The van der Waals surface area contributed by atoms with Gasteiger partial charge in [0.1, 0.15) is 23.7 Å². The molecule has 0 saturated heterocycles. The third-order valence-electron chi connectivity index (χ3n) is 6.63. The second-order valence-corrected chi connectivity index (χ2v) is 9.39. The minimum Gasteiger partial charge on any atom is -0.496 e. The van der Waals surface area contributed by atoms with Gasteiger partial charge in [-0.15, -0.1) is 0 Å². The van der Waals surface area contributed by atoms with Gasteiger partial charge in [-0.2, -0.15) is 0 Å². The van der Waals surface area contributed by atoms with Crippen molar-refractivity contribution in [1.82, 2.24) is 19.8 Å². The number of ether oxygens (including phenoxy) is 1. The number of rotatable bonds is 1. The first-order chi connectivity index (χ1) is 17.4. The maximum atomic E-state index is 12.8. The molecule has 2 bridgehead atoms. The smallest absolute Gasteiger partial charge is 0.259 e. The van der Waals surface area contributed by atoms with Crippen LogP contribution in [-0.2, 0) is 16.1 Å².